The van der Waals surface area contributed by atoms with Gasteiger partial charge in [0.25, 0.3) is 0 Å². The molecule has 0 saturated carbocycles. The maximum absolute atomic E-state index is 4.30. The molecule has 0 radical (unpaired) electrons. The van der Waals surface area contributed by atoms with Crippen LogP contribution in [-0.2, 0) is 0 Å². The third-order valence-electron chi connectivity index (χ3n) is 2.31. The van der Waals surface area contributed by atoms with E-state index in [1.54, 1.807) is 0 Å². The molecule has 84 valence electrons. The standard InChI is InChI=1S/C11H17BrN2S/c1-8-6-11(14-7-10(8)12)13-5-4-9(2)15-3/h6-7,9H,4-5H2,1-3H3,(H,13,14). The number of nitrogens with zero attached hydrogens (tertiary/aromatic N) is 1. The van der Waals surface area contributed by atoms with Gasteiger partial charge in [0.1, 0.15) is 5.82 Å². The van der Waals surface area contributed by atoms with Gasteiger partial charge in [-0.25, -0.2) is 4.98 Å². The van der Waals surface area contributed by atoms with Crippen molar-refractivity contribution in [2.24, 2.45) is 0 Å². The van der Waals surface area contributed by atoms with Gasteiger partial charge in [0.2, 0.25) is 0 Å². The Morgan fingerprint density at radius 2 is 2.33 bits per heavy atom. The lowest BCUT2D eigenvalue weighted by Gasteiger charge is -2.10. The summed E-state index contributed by atoms with van der Waals surface area (Å²) in [5.74, 6) is 0.962. The molecule has 0 spiro atoms. The van der Waals surface area contributed by atoms with Gasteiger partial charge in [-0.2, -0.15) is 11.8 Å². The van der Waals surface area contributed by atoms with Crippen molar-refractivity contribution in [3.63, 3.8) is 0 Å². The largest absolute Gasteiger partial charge is 0.370 e. The molecule has 1 rings (SSSR count). The van der Waals surface area contributed by atoms with Crippen LogP contribution in [-0.4, -0.2) is 23.0 Å². The molecular weight excluding hydrogens is 272 g/mol. The van der Waals surface area contributed by atoms with Crippen LogP contribution < -0.4 is 5.32 Å². The number of thioether (sulfide) groups is 1. The minimum Gasteiger partial charge on any atom is -0.370 e. The van der Waals surface area contributed by atoms with Gasteiger partial charge in [-0.3, -0.25) is 0 Å². The number of nitrogens with one attached hydrogen (secondary N) is 1. The van der Waals surface area contributed by atoms with Gasteiger partial charge in [0.15, 0.2) is 0 Å². The predicted octanol–water partition coefficient (Wildman–Crippen LogP) is 3.71. The van der Waals surface area contributed by atoms with E-state index >= 15 is 0 Å². The minimum absolute atomic E-state index is 0.703. The predicted molar refractivity (Wildman–Crippen MR) is 72.8 cm³/mol. The molecule has 0 fully saturated rings. The molecule has 4 heteroatoms. The van der Waals surface area contributed by atoms with Crippen molar-refractivity contribution in [1.82, 2.24) is 4.98 Å². The SMILES string of the molecule is CSC(C)CCNc1cc(C)c(Br)cn1. The Bertz CT molecular complexity index is 317. The first-order chi connectivity index (χ1) is 7.13. The highest BCUT2D eigenvalue weighted by Crippen LogP contribution is 2.17. The van der Waals surface area contributed by atoms with Gasteiger partial charge in [-0.15, -0.1) is 0 Å². The summed E-state index contributed by atoms with van der Waals surface area (Å²) in [6.07, 6.45) is 5.15. The Morgan fingerprint density at radius 3 is 2.93 bits per heavy atom. The molecule has 1 aromatic rings. The molecule has 1 unspecified atom stereocenters. The summed E-state index contributed by atoms with van der Waals surface area (Å²) in [6, 6.07) is 2.06. The van der Waals surface area contributed by atoms with Crippen molar-refractivity contribution in [3.8, 4) is 0 Å². The average molecular weight is 289 g/mol. The van der Waals surface area contributed by atoms with E-state index in [0.717, 1.165) is 23.3 Å². The van der Waals surface area contributed by atoms with Crippen LogP contribution in [0.15, 0.2) is 16.7 Å². The zero-order valence-corrected chi connectivity index (χ0v) is 11.8. The molecule has 15 heavy (non-hydrogen) atoms. The molecule has 2 nitrogen and oxygen atoms in total. The number of aromatic nitrogens is 1. The monoisotopic (exact) mass is 288 g/mol. The molecule has 0 aliphatic carbocycles. The van der Waals surface area contributed by atoms with Crippen molar-refractivity contribution in [2.45, 2.75) is 25.5 Å². The van der Waals surface area contributed by atoms with Crippen molar-refractivity contribution in [3.05, 3.63) is 22.3 Å². The van der Waals surface area contributed by atoms with E-state index in [1.165, 1.54) is 5.56 Å². The van der Waals surface area contributed by atoms with E-state index in [-0.39, 0.29) is 0 Å². The summed E-state index contributed by atoms with van der Waals surface area (Å²) in [5.41, 5.74) is 1.21. The van der Waals surface area contributed by atoms with Crippen LogP contribution in [0.5, 0.6) is 0 Å². The quantitative estimate of drug-likeness (QED) is 0.894. The average Bonchev–Trinajstić information content (AvgIpc) is 2.23. The normalized spacial score (nSPS) is 12.5. The number of rotatable bonds is 5. The zero-order chi connectivity index (χ0) is 11.3. The molecule has 0 aliphatic rings. The summed E-state index contributed by atoms with van der Waals surface area (Å²) in [7, 11) is 0. The molecule has 0 bridgehead atoms. The van der Waals surface area contributed by atoms with E-state index in [9.17, 15) is 0 Å². The number of aryl methyl sites for hydroxylation is 1. The van der Waals surface area contributed by atoms with Gasteiger partial charge < -0.3 is 5.32 Å². The summed E-state index contributed by atoms with van der Waals surface area (Å²) in [6.45, 7) is 5.30. The molecule has 0 saturated heterocycles. The maximum Gasteiger partial charge on any atom is 0.126 e. The molecule has 1 N–H and O–H groups in total. The summed E-state index contributed by atoms with van der Waals surface area (Å²) >= 11 is 5.34. The third-order valence-corrected chi connectivity index (χ3v) is 4.18. The molecule has 0 aromatic carbocycles. The Kier molecular flexibility index (Phi) is 5.47. The van der Waals surface area contributed by atoms with Crippen molar-refractivity contribution >= 4 is 33.5 Å². The summed E-state index contributed by atoms with van der Waals surface area (Å²) < 4.78 is 1.06. The Labute approximate surface area is 104 Å². The van der Waals surface area contributed by atoms with Gasteiger partial charge >= 0.3 is 0 Å². The molecule has 1 aromatic heterocycles. The van der Waals surface area contributed by atoms with Crippen molar-refractivity contribution in [2.75, 3.05) is 18.1 Å². The zero-order valence-electron chi connectivity index (χ0n) is 9.38. The van der Waals surface area contributed by atoms with Gasteiger partial charge in [0.05, 0.1) is 0 Å². The summed E-state index contributed by atoms with van der Waals surface area (Å²) in [4.78, 5) is 4.30. The number of hydrogen-bond acceptors (Lipinski definition) is 3. The fourth-order valence-electron chi connectivity index (χ4n) is 1.16. The number of anilines is 1. The fourth-order valence-corrected chi connectivity index (χ4v) is 1.73. The summed E-state index contributed by atoms with van der Waals surface area (Å²) in [5, 5.41) is 4.04. The van der Waals surface area contributed by atoms with Gasteiger partial charge in [0, 0.05) is 22.5 Å². The first-order valence-electron chi connectivity index (χ1n) is 5.02. The number of pyridine rings is 1. The highest BCUT2D eigenvalue weighted by atomic mass is 79.9. The molecule has 1 heterocycles. The maximum atomic E-state index is 4.30. The van der Waals surface area contributed by atoms with Crippen LogP contribution in [0.1, 0.15) is 18.9 Å². The van der Waals surface area contributed by atoms with Crippen LogP contribution in [0.3, 0.4) is 0 Å². The van der Waals surface area contributed by atoms with Gasteiger partial charge in [-0.1, -0.05) is 6.92 Å². The Morgan fingerprint density at radius 1 is 1.60 bits per heavy atom. The molecule has 1 atom stereocenters. The fraction of sp³-hybridized carbons (Fsp3) is 0.545. The number of hydrogen-bond donors (Lipinski definition) is 1. The van der Waals surface area contributed by atoms with Crippen LogP contribution in [0.25, 0.3) is 0 Å². The smallest absolute Gasteiger partial charge is 0.126 e. The molecule has 0 amide bonds. The van der Waals surface area contributed by atoms with E-state index < -0.39 is 0 Å². The van der Waals surface area contributed by atoms with Crippen LogP contribution in [0, 0.1) is 6.92 Å². The van der Waals surface area contributed by atoms with Crippen LogP contribution in [0.4, 0.5) is 5.82 Å². The Hall–Kier alpha value is -0.220. The second-order valence-electron chi connectivity index (χ2n) is 3.58. The second kappa shape index (κ2) is 6.38. The highest BCUT2D eigenvalue weighted by Gasteiger charge is 2.00. The lowest BCUT2D eigenvalue weighted by molar-refractivity contribution is 0.850. The topological polar surface area (TPSA) is 24.9 Å². The van der Waals surface area contributed by atoms with Crippen LogP contribution >= 0.6 is 27.7 Å². The molecule has 0 aliphatic heterocycles. The van der Waals surface area contributed by atoms with E-state index in [4.69, 9.17) is 0 Å². The van der Waals surface area contributed by atoms with Crippen LogP contribution in [0.2, 0.25) is 0 Å². The minimum atomic E-state index is 0.703. The number of halogens is 1. The van der Waals surface area contributed by atoms with E-state index in [0.29, 0.717) is 5.25 Å². The lowest BCUT2D eigenvalue weighted by Crippen LogP contribution is -2.08. The third kappa shape index (κ3) is 4.43. The lowest BCUT2D eigenvalue weighted by atomic mass is 10.3. The first kappa shape index (κ1) is 12.8. The highest BCUT2D eigenvalue weighted by molar-refractivity contribution is 9.10. The molecular formula is C11H17BrN2S. The van der Waals surface area contributed by atoms with E-state index in [2.05, 4.69) is 52.4 Å². The van der Waals surface area contributed by atoms with Gasteiger partial charge in [-0.05, 0) is 47.2 Å². The Balaban J connectivity index is 2.41. The van der Waals surface area contributed by atoms with E-state index in [1.807, 2.05) is 18.0 Å². The van der Waals surface area contributed by atoms with Crippen molar-refractivity contribution in [1.29, 1.82) is 0 Å². The second-order valence-corrected chi connectivity index (χ2v) is 5.71. The first-order valence-corrected chi connectivity index (χ1v) is 7.10. The van der Waals surface area contributed by atoms with Crippen molar-refractivity contribution < 1.29 is 0 Å².